The molecule has 9 nitrogen and oxygen atoms in total. The molecule has 0 fully saturated rings. The number of hydrogen-bond donors (Lipinski definition) is 1. The zero-order chi connectivity index (χ0) is 24.6. The summed E-state index contributed by atoms with van der Waals surface area (Å²) in [6.45, 7) is 3.35. The molecule has 0 saturated heterocycles. The fraction of sp³-hybridized carbons (Fsp3) is 0.192. The van der Waals surface area contributed by atoms with Gasteiger partial charge in [0.2, 0.25) is 0 Å². The molecule has 36 heavy (non-hydrogen) atoms. The van der Waals surface area contributed by atoms with Gasteiger partial charge in [-0.1, -0.05) is 30.3 Å². The number of nitrogens with one attached hydrogen (secondary N) is 1. The van der Waals surface area contributed by atoms with Crippen molar-refractivity contribution in [2.24, 2.45) is 0 Å². The topological polar surface area (TPSA) is 102 Å². The van der Waals surface area contributed by atoms with Crippen molar-refractivity contribution in [3.05, 3.63) is 83.7 Å². The van der Waals surface area contributed by atoms with E-state index < -0.39 is 11.9 Å². The van der Waals surface area contributed by atoms with E-state index in [4.69, 9.17) is 9.84 Å². The van der Waals surface area contributed by atoms with Gasteiger partial charge >= 0.3 is 6.09 Å². The normalized spacial score (nSPS) is 13.1. The molecule has 180 valence electrons. The Morgan fingerprint density at radius 3 is 2.81 bits per heavy atom. The molecule has 1 aliphatic rings. The van der Waals surface area contributed by atoms with Crippen LogP contribution in [-0.4, -0.2) is 47.5 Å². The van der Waals surface area contributed by atoms with E-state index in [0.29, 0.717) is 36.7 Å². The first-order chi connectivity index (χ1) is 17.6. The molecule has 6 rings (SSSR count). The van der Waals surface area contributed by atoms with Crippen molar-refractivity contribution in [2.75, 3.05) is 6.54 Å². The SMILES string of the molecule is Cc1cc(-c2c(-c3ccc(F)cn3)nn3c2CN(C(=O)OCc2ccccc2)CC3)c2cn[nH]c2n1. The summed E-state index contributed by atoms with van der Waals surface area (Å²) in [5.74, 6) is -0.423. The van der Waals surface area contributed by atoms with Crippen molar-refractivity contribution in [2.45, 2.75) is 26.6 Å². The molecule has 1 amide bonds. The number of halogens is 1. The van der Waals surface area contributed by atoms with E-state index in [1.54, 1.807) is 17.2 Å². The fourth-order valence-corrected chi connectivity index (χ4v) is 4.53. The molecule has 5 heterocycles. The number of amides is 1. The molecule has 0 saturated carbocycles. The molecule has 1 aromatic carbocycles. The Balaban J connectivity index is 1.41. The lowest BCUT2D eigenvalue weighted by Gasteiger charge is -2.27. The molecule has 10 heteroatoms. The van der Waals surface area contributed by atoms with Gasteiger partial charge in [0.15, 0.2) is 5.65 Å². The van der Waals surface area contributed by atoms with Crippen molar-refractivity contribution < 1.29 is 13.9 Å². The van der Waals surface area contributed by atoms with Gasteiger partial charge in [-0.05, 0) is 30.7 Å². The Hall–Kier alpha value is -4.60. The molecule has 0 aliphatic carbocycles. The maximum absolute atomic E-state index is 13.6. The summed E-state index contributed by atoms with van der Waals surface area (Å²) < 4.78 is 21.1. The first kappa shape index (κ1) is 21.9. The summed E-state index contributed by atoms with van der Waals surface area (Å²) in [4.78, 5) is 23.5. The van der Waals surface area contributed by atoms with Crippen molar-refractivity contribution in [1.82, 2.24) is 34.8 Å². The molecular formula is C26H22FN7O2. The van der Waals surface area contributed by atoms with Gasteiger partial charge in [0.25, 0.3) is 0 Å². The second-order valence-corrected chi connectivity index (χ2v) is 8.66. The number of ether oxygens (including phenoxy) is 1. The lowest BCUT2D eigenvalue weighted by Crippen LogP contribution is -2.38. The highest BCUT2D eigenvalue weighted by atomic mass is 19.1. The number of benzene rings is 1. The van der Waals surface area contributed by atoms with Gasteiger partial charge in [-0.2, -0.15) is 10.2 Å². The third kappa shape index (κ3) is 3.96. The highest BCUT2D eigenvalue weighted by Crippen LogP contribution is 2.39. The number of carbonyl (C=O) groups is 1. The largest absolute Gasteiger partial charge is 0.445 e. The quantitative estimate of drug-likeness (QED) is 0.404. The number of nitrogens with zero attached hydrogens (tertiary/aromatic N) is 6. The van der Waals surface area contributed by atoms with Crippen LogP contribution in [-0.2, 0) is 24.4 Å². The minimum Gasteiger partial charge on any atom is -0.445 e. The average Bonchev–Trinajstić information content (AvgIpc) is 3.52. The average molecular weight is 484 g/mol. The van der Waals surface area contributed by atoms with Crippen LogP contribution >= 0.6 is 0 Å². The van der Waals surface area contributed by atoms with Crippen LogP contribution in [0.1, 0.15) is 17.0 Å². The predicted octanol–water partition coefficient (Wildman–Crippen LogP) is 4.48. The highest BCUT2D eigenvalue weighted by molar-refractivity contribution is 5.97. The summed E-state index contributed by atoms with van der Waals surface area (Å²) in [6.07, 6.45) is 2.51. The Morgan fingerprint density at radius 2 is 2.00 bits per heavy atom. The first-order valence-corrected chi connectivity index (χ1v) is 11.5. The number of carbonyl (C=O) groups excluding carboxylic acids is 1. The summed E-state index contributed by atoms with van der Waals surface area (Å²) >= 11 is 0. The molecule has 5 aromatic rings. The van der Waals surface area contributed by atoms with Crippen LogP contribution in [0.25, 0.3) is 33.5 Å². The van der Waals surface area contributed by atoms with Gasteiger partial charge in [-0.15, -0.1) is 0 Å². The maximum atomic E-state index is 13.6. The Kier molecular flexibility index (Phi) is 5.40. The van der Waals surface area contributed by atoms with Gasteiger partial charge in [-0.25, -0.2) is 14.2 Å². The Morgan fingerprint density at radius 1 is 1.14 bits per heavy atom. The lowest BCUT2D eigenvalue weighted by molar-refractivity contribution is 0.0859. The number of rotatable bonds is 4. The monoisotopic (exact) mass is 483 g/mol. The van der Waals surface area contributed by atoms with Gasteiger partial charge in [-0.3, -0.25) is 14.8 Å². The zero-order valence-electron chi connectivity index (χ0n) is 19.5. The smallest absolute Gasteiger partial charge is 0.410 e. The van der Waals surface area contributed by atoms with Crippen LogP contribution in [0.4, 0.5) is 9.18 Å². The summed E-state index contributed by atoms with van der Waals surface area (Å²) in [5, 5.41) is 12.8. The molecule has 4 aromatic heterocycles. The molecule has 0 unspecified atom stereocenters. The maximum Gasteiger partial charge on any atom is 0.410 e. The number of aryl methyl sites for hydroxylation is 1. The number of hydrogen-bond acceptors (Lipinski definition) is 6. The van der Waals surface area contributed by atoms with Crippen molar-refractivity contribution in [3.63, 3.8) is 0 Å². The predicted molar refractivity (Wildman–Crippen MR) is 130 cm³/mol. The first-order valence-electron chi connectivity index (χ1n) is 11.5. The molecule has 0 spiro atoms. The van der Waals surface area contributed by atoms with Crippen molar-refractivity contribution in [3.8, 4) is 22.5 Å². The zero-order valence-corrected chi connectivity index (χ0v) is 19.5. The van der Waals surface area contributed by atoms with Gasteiger partial charge < -0.3 is 9.64 Å². The minimum atomic E-state index is -0.423. The molecule has 0 bridgehead atoms. The second-order valence-electron chi connectivity index (χ2n) is 8.66. The number of H-pyrrole nitrogens is 1. The van der Waals surface area contributed by atoms with Crippen LogP contribution in [0, 0.1) is 12.7 Å². The van der Waals surface area contributed by atoms with E-state index >= 15 is 0 Å². The van der Waals surface area contributed by atoms with E-state index in [2.05, 4.69) is 20.2 Å². The van der Waals surface area contributed by atoms with E-state index in [9.17, 15) is 9.18 Å². The van der Waals surface area contributed by atoms with Gasteiger partial charge in [0.05, 0.1) is 36.9 Å². The van der Waals surface area contributed by atoms with Crippen LogP contribution in [0.3, 0.4) is 0 Å². The second kappa shape index (κ2) is 8.88. The summed E-state index contributed by atoms with van der Waals surface area (Å²) in [5.41, 5.74) is 6.04. The summed E-state index contributed by atoms with van der Waals surface area (Å²) in [7, 11) is 0. The third-order valence-corrected chi connectivity index (χ3v) is 6.23. The Bertz CT molecular complexity index is 1560. The van der Waals surface area contributed by atoms with Crippen LogP contribution in [0.5, 0.6) is 0 Å². The van der Waals surface area contributed by atoms with Gasteiger partial charge in [0, 0.05) is 28.8 Å². The number of aromatic nitrogens is 6. The summed E-state index contributed by atoms with van der Waals surface area (Å²) in [6, 6.07) is 14.5. The molecular weight excluding hydrogens is 461 g/mol. The molecule has 0 atom stereocenters. The van der Waals surface area contributed by atoms with Gasteiger partial charge in [0.1, 0.15) is 18.1 Å². The standard InChI is InChI=1S/C26H22FN7O2/c1-16-11-19(20-13-29-31-25(20)30-16)23-22-14-33(26(35)36-15-17-5-3-2-4-6-17)9-10-34(22)32-24(23)21-8-7-18(27)12-28-21/h2-8,11-13H,9-10,14-15H2,1H3,(H,29,30,31). The number of aromatic amines is 1. The van der Waals surface area contributed by atoms with Crippen LogP contribution in [0.2, 0.25) is 0 Å². The number of pyridine rings is 2. The lowest BCUT2D eigenvalue weighted by atomic mass is 9.98. The highest BCUT2D eigenvalue weighted by Gasteiger charge is 2.30. The van der Waals surface area contributed by atoms with Crippen LogP contribution < -0.4 is 0 Å². The van der Waals surface area contributed by atoms with Crippen LogP contribution in [0.15, 0.2) is 60.9 Å². The minimum absolute atomic E-state index is 0.201. The van der Waals surface area contributed by atoms with E-state index in [0.717, 1.165) is 33.5 Å². The Labute approximate surface area is 205 Å². The van der Waals surface area contributed by atoms with Crippen molar-refractivity contribution >= 4 is 17.1 Å². The molecule has 1 N–H and O–H groups in total. The van der Waals surface area contributed by atoms with E-state index in [1.807, 2.05) is 48.0 Å². The molecule has 0 radical (unpaired) electrons. The fourth-order valence-electron chi connectivity index (χ4n) is 4.53. The van der Waals surface area contributed by atoms with E-state index in [1.165, 1.54) is 12.3 Å². The van der Waals surface area contributed by atoms with Crippen molar-refractivity contribution in [1.29, 1.82) is 0 Å². The third-order valence-electron chi connectivity index (χ3n) is 6.23. The molecule has 1 aliphatic heterocycles. The van der Waals surface area contributed by atoms with E-state index in [-0.39, 0.29) is 6.61 Å². The number of fused-ring (bicyclic) bond motifs is 2.